The molecule has 0 aliphatic carbocycles. The molecule has 2 heterocycles. The lowest BCUT2D eigenvalue weighted by atomic mass is 10.3. The van der Waals surface area contributed by atoms with Gasteiger partial charge in [-0.15, -0.1) is 0 Å². The lowest BCUT2D eigenvalue weighted by Crippen LogP contribution is -2.00. The van der Waals surface area contributed by atoms with Crippen molar-refractivity contribution in [2.24, 2.45) is 0 Å². The third-order valence-electron chi connectivity index (χ3n) is 2.84. The molecule has 106 valence electrons. The molecule has 0 fully saturated rings. The van der Waals surface area contributed by atoms with E-state index in [-0.39, 0.29) is 0 Å². The normalized spacial score (nSPS) is 10.8. The van der Waals surface area contributed by atoms with Crippen molar-refractivity contribution in [1.29, 1.82) is 0 Å². The zero-order valence-electron chi connectivity index (χ0n) is 12.2. The van der Waals surface area contributed by atoms with Crippen molar-refractivity contribution in [3.8, 4) is 0 Å². The van der Waals surface area contributed by atoms with E-state index in [4.69, 9.17) is 11.6 Å². The number of halogens is 1. The van der Waals surface area contributed by atoms with Gasteiger partial charge in [0.25, 0.3) is 0 Å². The van der Waals surface area contributed by atoms with Gasteiger partial charge in [0.1, 0.15) is 21.0 Å². The van der Waals surface area contributed by atoms with Gasteiger partial charge < -0.3 is 0 Å². The van der Waals surface area contributed by atoms with Crippen LogP contribution in [0, 0.1) is 20.8 Å². The van der Waals surface area contributed by atoms with Crippen molar-refractivity contribution in [1.82, 2.24) is 15.0 Å². The Balaban J connectivity index is 2.36. The van der Waals surface area contributed by atoms with E-state index in [1.807, 2.05) is 13.8 Å². The van der Waals surface area contributed by atoms with Crippen LogP contribution in [0.5, 0.6) is 0 Å². The van der Waals surface area contributed by atoms with Gasteiger partial charge in [0, 0.05) is 17.7 Å². The SMILES string of the molecule is CCCc1nc(Cl)c(C)c(Sc2cc(C)cc(C)n2)n1. The van der Waals surface area contributed by atoms with Crippen LogP contribution in [0.3, 0.4) is 0 Å². The van der Waals surface area contributed by atoms with Gasteiger partial charge in [-0.1, -0.05) is 18.5 Å². The predicted octanol–water partition coefficient (Wildman–Crippen LogP) is 4.55. The maximum atomic E-state index is 6.20. The second-order valence-electron chi connectivity index (χ2n) is 4.84. The van der Waals surface area contributed by atoms with Gasteiger partial charge in [0.15, 0.2) is 0 Å². The second kappa shape index (κ2) is 6.55. The first-order valence-electron chi connectivity index (χ1n) is 6.65. The van der Waals surface area contributed by atoms with E-state index >= 15 is 0 Å². The molecule has 0 atom stereocenters. The van der Waals surface area contributed by atoms with Crippen molar-refractivity contribution in [3.63, 3.8) is 0 Å². The average Bonchev–Trinajstić information content (AvgIpc) is 2.34. The van der Waals surface area contributed by atoms with Crippen LogP contribution < -0.4 is 0 Å². The molecule has 0 aliphatic rings. The summed E-state index contributed by atoms with van der Waals surface area (Å²) in [5.41, 5.74) is 3.13. The maximum Gasteiger partial charge on any atom is 0.136 e. The Morgan fingerprint density at radius 3 is 2.50 bits per heavy atom. The molecule has 0 N–H and O–H groups in total. The number of aromatic nitrogens is 3. The Labute approximate surface area is 129 Å². The Morgan fingerprint density at radius 2 is 1.85 bits per heavy atom. The maximum absolute atomic E-state index is 6.20. The van der Waals surface area contributed by atoms with Crippen LogP contribution in [0.1, 0.15) is 36.0 Å². The summed E-state index contributed by atoms with van der Waals surface area (Å²) in [5, 5.41) is 2.38. The van der Waals surface area contributed by atoms with Crippen LogP contribution in [0.4, 0.5) is 0 Å². The summed E-state index contributed by atoms with van der Waals surface area (Å²) in [6.07, 6.45) is 1.85. The van der Waals surface area contributed by atoms with Crippen molar-refractivity contribution < 1.29 is 0 Å². The van der Waals surface area contributed by atoms with Crippen molar-refractivity contribution in [2.75, 3.05) is 0 Å². The molecule has 0 amide bonds. The summed E-state index contributed by atoms with van der Waals surface area (Å²) in [7, 11) is 0. The molecule has 0 saturated carbocycles. The number of hydrogen-bond acceptors (Lipinski definition) is 4. The lowest BCUT2D eigenvalue weighted by Gasteiger charge is -2.09. The molecular formula is C15H18ClN3S. The highest BCUT2D eigenvalue weighted by Gasteiger charge is 2.11. The van der Waals surface area contributed by atoms with Gasteiger partial charge in [-0.05, 0) is 56.7 Å². The molecule has 0 aliphatic heterocycles. The summed E-state index contributed by atoms with van der Waals surface area (Å²) < 4.78 is 0. The van der Waals surface area contributed by atoms with E-state index < -0.39 is 0 Å². The van der Waals surface area contributed by atoms with E-state index in [1.165, 1.54) is 5.56 Å². The molecule has 2 rings (SSSR count). The fourth-order valence-electron chi connectivity index (χ4n) is 1.90. The topological polar surface area (TPSA) is 38.7 Å². The fraction of sp³-hybridized carbons (Fsp3) is 0.400. The number of pyridine rings is 1. The molecule has 2 aromatic rings. The summed E-state index contributed by atoms with van der Waals surface area (Å²) in [4.78, 5) is 13.5. The van der Waals surface area contributed by atoms with Gasteiger partial charge in [-0.3, -0.25) is 0 Å². The summed E-state index contributed by atoms with van der Waals surface area (Å²) >= 11 is 7.75. The van der Waals surface area contributed by atoms with Crippen LogP contribution in [-0.4, -0.2) is 15.0 Å². The molecule has 20 heavy (non-hydrogen) atoms. The molecule has 0 aromatic carbocycles. The monoisotopic (exact) mass is 307 g/mol. The summed E-state index contributed by atoms with van der Waals surface area (Å²) in [6, 6.07) is 4.12. The predicted molar refractivity (Wildman–Crippen MR) is 83.6 cm³/mol. The minimum Gasteiger partial charge on any atom is -0.246 e. The molecule has 0 unspecified atom stereocenters. The first-order chi connectivity index (χ1) is 9.49. The first-order valence-corrected chi connectivity index (χ1v) is 7.85. The van der Waals surface area contributed by atoms with Crippen LogP contribution in [0.25, 0.3) is 0 Å². The zero-order chi connectivity index (χ0) is 14.7. The third kappa shape index (κ3) is 3.70. The number of hydrogen-bond donors (Lipinski definition) is 0. The fourth-order valence-corrected chi connectivity index (χ4v) is 3.18. The molecule has 2 aromatic heterocycles. The average molecular weight is 308 g/mol. The standard InChI is InChI=1S/C15H18ClN3S/c1-5-6-12-18-14(16)11(4)15(19-12)20-13-8-9(2)7-10(3)17-13/h7-8H,5-6H2,1-4H3. The Bertz CT molecular complexity index is 609. The van der Waals surface area contributed by atoms with E-state index in [0.29, 0.717) is 5.15 Å². The zero-order valence-corrected chi connectivity index (χ0v) is 13.8. The molecule has 0 saturated heterocycles. The second-order valence-corrected chi connectivity index (χ2v) is 6.20. The third-order valence-corrected chi connectivity index (χ3v) is 4.21. The van der Waals surface area contributed by atoms with Gasteiger partial charge in [0.2, 0.25) is 0 Å². The van der Waals surface area contributed by atoms with Gasteiger partial charge in [-0.25, -0.2) is 15.0 Å². The van der Waals surface area contributed by atoms with Crippen LogP contribution in [0.2, 0.25) is 5.15 Å². The van der Waals surface area contributed by atoms with E-state index in [0.717, 1.165) is 40.0 Å². The molecule has 3 nitrogen and oxygen atoms in total. The van der Waals surface area contributed by atoms with Gasteiger partial charge in [-0.2, -0.15) is 0 Å². The van der Waals surface area contributed by atoms with Crippen molar-refractivity contribution >= 4 is 23.4 Å². The summed E-state index contributed by atoms with van der Waals surface area (Å²) in [6.45, 7) is 8.12. The van der Waals surface area contributed by atoms with Gasteiger partial charge in [0.05, 0.1) is 0 Å². The highest BCUT2D eigenvalue weighted by Crippen LogP contribution is 2.30. The number of aryl methyl sites for hydroxylation is 3. The van der Waals surface area contributed by atoms with Gasteiger partial charge >= 0.3 is 0 Å². The largest absolute Gasteiger partial charge is 0.246 e. The Morgan fingerprint density at radius 1 is 1.10 bits per heavy atom. The number of rotatable bonds is 4. The first kappa shape index (κ1) is 15.3. The summed E-state index contributed by atoms with van der Waals surface area (Å²) in [5.74, 6) is 0.801. The van der Waals surface area contributed by atoms with Crippen molar-refractivity contribution in [3.05, 3.63) is 39.9 Å². The minimum absolute atomic E-state index is 0.537. The molecule has 0 spiro atoms. The van der Waals surface area contributed by atoms with E-state index in [1.54, 1.807) is 11.8 Å². The van der Waals surface area contributed by atoms with E-state index in [9.17, 15) is 0 Å². The molecular weight excluding hydrogens is 290 g/mol. The Kier molecular flexibility index (Phi) is 5.00. The molecule has 5 heteroatoms. The minimum atomic E-state index is 0.537. The number of nitrogens with zero attached hydrogens (tertiary/aromatic N) is 3. The molecule has 0 bridgehead atoms. The van der Waals surface area contributed by atoms with Crippen LogP contribution in [0.15, 0.2) is 22.2 Å². The Hall–Kier alpha value is -1.13. The van der Waals surface area contributed by atoms with E-state index in [2.05, 4.69) is 40.9 Å². The smallest absolute Gasteiger partial charge is 0.136 e. The van der Waals surface area contributed by atoms with Crippen LogP contribution in [-0.2, 0) is 6.42 Å². The van der Waals surface area contributed by atoms with Crippen molar-refractivity contribution in [2.45, 2.75) is 50.6 Å². The van der Waals surface area contributed by atoms with Crippen LogP contribution >= 0.6 is 23.4 Å². The molecule has 0 radical (unpaired) electrons. The highest BCUT2D eigenvalue weighted by molar-refractivity contribution is 7.99. The quantitative estimate of drug-likeness (QED) is 0.777. The highest BCUT2D eigenvalue weighted by atomic mass is 35.5. The lowest BCUT2D eigenvalue weighted by molar-refractivity contribution is 0.801.